The monoisotopic (exact) mass is 397 g/mol. The predicted octanol–water partition coefficient (Wildman–Crippen LogP) is 3.31. The summed E-state index contributed by atoms with van der Waals surface area (Å²) in [6.07, 6.45) is 0. The molecule has 0 saturated heterocycles. The Kier molecular flexibility index (Phi) is 6.61. The van der Waals surface area contributed by atoms with Crippen molar-refractivity contribution in [3.05, 3.63) is 51.1 Å². The number of thiophene rings is 1. The second kappa shape index (κ2) is 8.69. The average molecular weight is 398 g/mol. The van der Waals surface area contributed by atoms with Crippen molar-refractivity contribution < 1.29 is 19.1 Å². The summed E-state index contributed by atoms with van der Waals surface area (Å²) in [5.41, 5.74) is 0. The Morgan fingerprint density at radius 3 is 2.78 bits per heavy atom. The molecule has 0 radical (unpaired) electrons. The quantitative estimate of drug-likeness (QED) is 0.727. The minimum Gasteiger partial charge on any atom is -0.482 e. The highest BCUT2D eigenvalue weighted by Crippen LogP contribution is 2.18. The molecule has 0 spiro atoms. The van der Waals surface area contributed by atoms with Gasteiger partial charge < -0.3 is 14.8 Å². The van der Waals surface area contributed by atoms with Crippen molar-refractivity contribution in [3.63, 3.8) is 0 Å². The molecule has 1 aromatic carbocycles. The number of hydrogen-bond acceptors (Lipinski definition) is 5. The van der Waals surface area contributed by atoms with E-state index in [-0.39, 0.29) is 25.2 Å². The number of halogens is 1. The van der Waals surface area contributed by atoms with Crippen molar-refractivity contribution in [1.82, 2.24) is 5.32 Å². The van der Waals surface area contributed by atoms with Crippen molar-refractivity contribution in [1.29, 1.82) is 0 Å². The molecule has 2 aromatic rings. The molecule has 2 rings (SSSR count). The maximum absolute atomic E-state index is 11.7. The summed E-state index contributed by atoms with van der Waals surface area (Å²) in [5.74, 6) is -0.391. The van der Waals surface area contributed by atoms with Crippen molar-refractivity contribution in [3.8, 4) is 5.75 Å². The van der Waals surface area contributed by atoms with Gasteiger partial charge in [-0.05, 0) is 36.6 Å². The first-order valence-electron chi connectivity index (χ1n) is 6.91. The summed E-state index contributed by atoms with van der Waals surface area (Å²) in [4.78, 5) is 24.4. The van der Waals surface area contributed by atoms with E-state index >= 15 is 0 Å². The zero-order valence-electron chi connectivity index (χ0n) is 12.5. The molecule has 1 aromatic heterocycles. The van der Waals surface area contributed by atoms with Crippen molar-refractivity contribution in [2.24, 2.45) is 0 Å². The zero-order chi connectivity index (χ0) is 16.7. The van der Waals surface area contributed by atoms with E-state index in [1.54, 1.807) is 29.5 Å². The van der Waals surface area contributed by atoms with Gasteiger partial charge in [0, 0.05) is 9.35 Å². The standard InChI is InChI=1S/C16H16BrNO4S/c1-11(14-6-3-7-23-14)18-15(19)9-22-16(20)10-21-13-5-2-4-12(17)8-13/h2-8,11H,9-10H2,1H3,(H,18,19). The van der Waals surface area contributed by atoms with Crippen LogP contribution in [0.15, 0.2) is 46.3 Å². The fourth-order valence-corrected chi connectivity index (χ4v) is 2.89. The van der Waals surface area contributed by atoms with Crippen LogP contribution in [0.5, 0.6) is 5.75 Å². The number of carbonyl (C=O) groups is 2. The SMILES string of the molecule is CC(NC(=O)COC(=O)COc1cccc(Br)c1)c1cccs1. The summed E-state index contributed by atoms with van der Waals surface area (Å²) in [6, 6.07) is 10.9. The van der Waals surface area contributed by atoms with E-state index in [0.29, 0.717) is 5.75 Å². The molecule has 7 heteroatoms. The normalized spacial score (nSPS) is 11.6. The van der Waals surface area contributed by atoms with Gasteiger partial charge in [0.2, 0.25) is 0 Å². The van der Waals surface area contributed by atoms with Crippen LogP contribution in [0.2, 0.25) is 0 Å². The van der Waals surface area contributed by atoms with E-state index < -0.39 is 5.97 Å². The maximum atomic E-state index is 11.7. The third-order valence-electron chi connectivity index (χ3n) is 2.86. The maximum Gasteiger partial charge on any atom is 0.344 e. The van der Waals surface area contributed by atoms with Crippen LogP contribution in [0, 0.1) is 0 Å². The van der Waals surface area contributed by atoms with E-state index in [1.807, 2.05) is 30.5 Å². The average Bonchev–Trinajstić information content (AvgIpc) is 3.05. The first-order chi connectivity index (χ1) is 11.0. The van der Waals surface area contributed by atoms with Crippen LogP contribution in [0.3, 0.4) is 0 Å². The molecule has 1 heterocycles. The molecule has 0 aliphatic rings. The van der Waals surface area contributed by atoms with E-state index in [1.165, 1.54) is 0 Å². The fraction of sp³-hybridized carbons (Fsp3) is 0.250. The Labute approximate surface area is 146 Å². The van der Waals surface area contributed by atoms with E-state index in [2.05, 4.69) is 21.2 Å². The van der Waals surface area contributed by atoms with Crippen molar-refractivity contribution in [2.75, 3.05) is 13.2 Å². The van der Waals surface area contributed by atoms with Gasteiger partial charge in [-0.25, -0.2) is 4.79 Å². The molecule has 0 bridgehead atoms. The lowest BCUT2D eigenvalue weighted by molar-refractivity contribution is -0.150. The number of amides is 1. The van der Waals surface area contributed by atoms with Gasteiger partial charge in [-0.15, -0.1) is 11.3 Å². The third-order valence-corrected chi connectivity index (χ3v) is 4.41. The van der Waals surface area contributed by atoms with Gasteiger partial charge in [0.1, 0.15) is 5.75 Å². The second-order valence-electron chi connectivity index (χ2n) is 4.71. The number of rotatable bonds is 7. The molecule has 1 amide bonds. The van der Waals surface area contributed by atoms with Crippen LogP contribution in [-0.4, -0.2) is 25.1 Å². The molecule has 23 heavy (non-hydrogen) atoms. The molecule has 0 aliphatic carbocycles. The minimum atomic E-state index is -0.594. The topological polar surface area (TPSA) is 64.6 Å². The van der Waals surface area contributed by atoms with Gasteiger partial charge >= 0.3 is 5.97 Å². The van der Waals surface area contributed by atoms with Gasteiger partial charge in [-0.2, -0.15) is 0 Å². The Balaban J connectivity index is 1.68. The highest BCUT2D eigenvalue weighted by molar-refractivity contribution is 9.10. The molecular weight excluding hydrogens is 382 g/mol. The number of esters is 1. The first-order valence-corrected chi connectivity index (χ1v) is 8.58. The van der Waals surface area contributed by atoms with Gasteiger partial charge in [-0.1, -0.05) is 28.1 Å². The largest absolute Gasteiger partial charge is 0.482 e. The van der Waals surface area contributed by atoms with Gasteiger partial charge in [0.05, 0.1) is 6.04 Å². The first kappa shape index (κ1) is 17.5. The van der Waals surface area contributed by atoms with Crippen LogP contribution in [0.1, 0.15) is 17.8 Å². The van der Waals surface area contributed by atoms with Gasteiger partial charge in [0.25, 0.3) is 5.91 Å². The Morgan fingerprint density at radius 1 is 1.26 bits per heavy atom. The van der Waals surface area contributed by atoms with Crippen LogP contribution in [-0.2, 0) is 14.3 Å². The lowest BCUT2D eigenvalue weighted by atomic mass is 10.3. The number of benzene rings is 1. The van der Waals surface area contributed by atoms with E-state index in [4.69, 9.17) is 9.47 Å². The predicted molar refractivity (Wildman–Crippen MR) is 91.5 cm³/mol. The molecule has 0 saturated carbocycles. The Hall–Kier alpha value is -1.86. The van der Waals surface area contributed by atoms with Crippen molar-refractivity contribution in [2.45, 2.75) is 13.0 Å². The number of nitrogens with one attached hydrogen (secondary N) is 1. The zero-order valence-corrected chi connectivity index (χ0v) is 14.9. The highest BCUT2D eigenvalue weighted by Gasteiger charge is 2.12. The number of carbonyl (C=O) groups excluding carboxylic acids is 2. The van der Waals surface area contributed by atoms with Crippen LogP contribution in [0.25, 0.3) is 0 Å². The second-order valence-corrected chi connectivity index (χ2v) is 6.61. The van der Waals surface area contributed by atoms with Crippen LogP contribution in [0.4, 0.5) is 0 Å². The summed E-state index contributed by atoms with van der Waals surface area (Å²) < 4.78 is 11.0. The smallest absolute Gasteiger partial charge is 0.344 e. The lowest BCUT2D eigenvalue weighted by Gasteiger charge is -2.12. The lowest BCUT2D eigenvalue weighted by Crippen LogP contribution is -2.31. The minimum absolute atomic E-state index is 0.112. The van der Waals surface area contributed by atoms with Crippen LogP contribution < -0.4 is 10.1 Å². The molecular formula is C16H16BrNO4S. The summed E-state index contributed by atoms with van der Waals surface area (Å²) in [6.45, 7) is 1.31. The number of hydrogen-bond donors (Lipinski definition) is 1. The molecule has 5 nitrogen and oxygen atoms in total. The summed E-state index contributed by atoms with van der Waals surface area (Å²) in [5, 5.41) is 4.71. The van der Waals surface area contributed by atoms with Gasteiger partial charge in [-0.3, -0.25) is 4.79 Å². The molecule has 0 fully saturated rings. The van der Waals surface area contributed by atoms with E-state index in [9.17, 15) is 9.59 Å². The Bertz CT molecular complexity index is 660. The Morgan fingerprint density at radius 2 is 2.09 bits per heavy atom. The third kappa shape index (κ3) is 6.03. The molecule has 0 aliphatic heterocycles. The highest BCUT2D eigenvalue weighted by atomic mass is 79.9. The van der Waals surface area contributed by atoms with Gasteiger partial charge in [0.15, 0.2) is 13.2 Å². The summed E-state index contributed by atoms with van der Waals surface area (Å²) >= 11 is 4.87. The molecule has 1 atom stereocenters. The van der Waals surface area contributed by atoms with Crippen molar-refractivity contribution >= 4 is 39.1 Å². The van der Waals surface area contributed by atoms with Crippen LogP contribution >= 0.6 is 27.3 Å². The summed E-state index contributed by atoms with van der Waals surface area (Å²) in [7, 11) is 0. The fourth-order valence-electron chi connectivity index (χ4n) is 1.78. The molecule has 122 valence electrons. The molecule has 1 unspecified atom stereocenters. The molecule has 1 N–H and O–H groups in total. The number of ether oxygens (including phenoxy) is 2. The van der Waals surface area contributed by atoms with E-state index in [0.717, 1.165) is 9.35 Å².